The Bertz CT molecular complexity index is 1370. The van der Waals surface area contributed by atoms with Gasteiger partial charge in [-0.3, -0.25) is 4.79 Å². The SMILES string of the molecule is CCc1ccc(-n2cc(NC(=O)c3coc(-c4ccnc(NCC5CC5)c4)n3)c(C(F)(F)F)n2)cc1. The van der Waals surface area contributed by atoms with Gasteiger partial charge in [-0.05, 0) is 55.0 Å². The van der Waals surface area contributed by atoms with E-state index in [-0.39, 0.29) is 11.6 Å². The van der Waals surface area contributed by atoms with Crippen LogP contribution in [0.1, 0.15) is 41.5 Å². The summed E-state index contributed by atoms with van der Waals surface area (Å²) in [5.41, 5.74) is 0.207. The first kappa shape index (κ1) is 23.6. The molecule has 8 nitrogen and oxygen atoms in total. The first-order chi connectivity index (χ1) is 17.3. The normalized spacial score (nSPS) is 13.6. The number of carbonyl (C=O) groups excluding carboxylic acids is 1. The lowest BCUT2D eigenvalue weighted by molar-refractivity contribution is -0.140. The summed E-state index contributed by atoms with van der Waals surface area (Å²) in [6.07, 6.45) is 2.24. The zero-order valence-electron chi connectivity index (χ0n) is 19.3. The number of oxazole rings is 1. The Morgan fingerprint density at radius 2 is 1.97 bits per heavy atom. The molecule has 0 spiro atoms. The molecule has 36 heavy (non-hydrogen) atoms. The topological polar surface area (TPSA) is 97.9 Å². The van der Waals surface area contributed by atoms with Crippen LogP contribution in [0.4, 0.5) is 24.7 Å². The molecule has 1 aromatic carbocycles. The van der Waals surface area contributed by atoms with Gasteiger partial charge in [0.2, 0.25) is 5.89 Å². The quantitative estimate of drug-likeness (QED) is 0.331. The first-order valence-corrected chi connectivity index (χ1v) is 11.5. The van der Waals surface area contributed by atoms with E-state index in [4.69, 9.17) is 4.42 Å². The summed E-state index contributed by atoms with van der Waals surface area (Å²) in [6.45, 7) is 2.81. The highest BCUT2D eigenvalue weighted by Gasteiger charge is 2.38. The predicted octanol–water partition coefficient (Wildman–Crippen LogP) is 5.58. The number of amides is 1. The number of benzene rings is 1. The van der Waals surface area contributed by atoms with E-state index in [9.17, 15) is 18.0 Å². The highest BCUT2D eigenvalue weighted by atomic mass is 19.4. The minimum atomic E-state index is -4.77. The molecule has 0 unspecified atom stereocenters. The van der Waals surface area contributed by atoms with Gasteiger partial charge in [-0.15, -0.1) is 0 Å². The predicted molar refractivity (Wildman–Crippen MR) is 127 cm³/mol. The average Bonchev–Trinajstić information content (AvgIpc) is 3.38. The van der Waals surface area contributed by atoms with Crippen LogP contribution in [0.3, 0.4) is 0 Å². The standard InChI is InChI=1S/C25H23F3N6O2/c1-2-15-5-7-18(8-6-15)34-13-19(22(33-34)25(26,27)28)31-23(35)20-14-36-24(32-20)17-9-10-29-21(11-17)30-12-16-3-4-16/h5-11,13-14,16H,2-4,12H2,1H3,(H,29,30)(H,31,35). The summed E-state index contributed by atoms with van der Waals surface area (Å²) in [7, 11) is 0. The van der Waals surface area contributed by atoms with Gasteiger partial charge in [-0.25, -0.2) is 14.6 Å². The van der Waals surface area contributed by atoms with E-state index in [0.29, 0.717) is 23.0 Å². The van der Waals surface area contributed by atoms with Gasteiger partial charge >= 0.3 is 6.18 Å². The molecule has 1 saturated carbocycles. The van der Waals surface area contributed by atoms with Gasteiger partial charge in [0, 0.05) is 18.3 Å². The van der Waals surface area contributed by atoms with Crippen LogP contribution in [0.2, 0.25) is 0 Å². The van der Waals surface area contributed by atoms with Gasteiger partial charge in [-0.2, -0.15) is 18.3 Å². The molecule has 11 heteroatoms. The Morgan fingerprint density at radius 3 is 2.67 bits per heavy atom. The van der Waals surface area contributed by atoms with Crippen LogP contribution in [0.25, 0.3) is 17.1 Å². The Labute approximate surface area is 204 Å². The van der Waals surface area contributed by atoms with Gasteiger partial charge in [0.25, 0.3) is 5.91 Å². The van der Waals surface area contributed by atoms with Crippen LogP contribution in [0.15, 0.2) is 59.5 Å². The maximum Gasteiger partial charge on any atom is 0.437 e. The maximum atomic E-state index is 13.7. The Hall–Kier alpha value is -4.15. The molecule has 5 rings (SSSR count). The van der Waals surface area contributed by atoms with Crippen molar-refractivity contribution in [3.05, 3.63) is 72.0 Å². The molecule has 1 aliphatic carbocycles. The van der Waals surface area contributed by atoms with Crippen LogP contribution in [-0.4, -0.2) is 32.2 Å². The van der Waals surface area contributed by atoms with Gasteiger partial charge < -0.3 is 15.1 Å². The second-order valence-corrected chi connectivity index (χ2v) is 8.60. The number of nitrogens with one attached hydrogen (secondary N) is 2. The Morgan fingerprint density at radius 1 is 1.19 bits per heavy atom. The average molecular weight is 496 g/mol. The number of anilines is 2. The number of rotatable bonds is 8. The molecule has 1 fully saturated rings. The van der Waals surface area contributed by atoms with E-state index in [2.05, 4.69) is 25.7 Å². The monoisotopic (exact) mass is 496 g/mol. The lowest BCUT2D eigenvalue weighted by atomic mass is 10.1. The second-order valence-electron chi connectivity index (χ2n) is 8.60. The van der Waals surface area contributed by atoms with Crippen molar-refractivity contribution in [2.75, 3.05) is 17.2 Å². The zero-order valence-corrected chi connectivity index (χ0v) is 19.3. The number of alkyl halides is 3. The maximum absolute atomic E-state index is 13.7. The number of carbonyl (C=O) groups is 1. The molecule has 3 aromatic heterocycles. The third-order valence-corrected chi connectivity index (χ3v) is 5.85. The van der Waals surface area contributed by atoms with E-state index >= 15 is 0 Å². The fraction of sp³-hybridized carbons (Fsp3) is 0.280. The van der Waals surface area contributed by atoms with Crippen molar-refractivity contribution < 1.29 is 22.4 Å². The zero-order chi connectivity index (χ0) is 25.3. The van der Waals surface area contributed by atoms with Crippen LogP contribution in [-0.2, 0) is 12.6 Å². The highest BCUT2D eigenvalue weighted by Crippen LogP contribution is 2.35. The fourth-order valence-electron chi connectivity index (χ4n) is 3.62. The molecular formula is C25H23F3N6O2. The smallest absolute Gasteiger partial charge is 0.437 e. The molecule has 0 bridgehead atoms. The van der Waals surface area contributed by atoms with Gasteiger partial charge in [0.05, 0.1) is 17.6 Å². The van der Waals surface area contributed by atoms with Crippen LogP contribution >= 0.6 is 0 Å². The van der Waals surface area contributed by atoms with Crippen molar-refractivity contribution in [2.24, 2.45) is 5.92 Å². The number of hydrogen-bond acceptors (Lipinski definition) is 6. The summed E-state index contributed by atoms with van der Waals surface area (Å²) < 4.78 is 47.5. The fourth-order valence-corrected chi connectivity index (χ4v) is 3.62. The van der Waals surface area contributed by atoms with Gasteiger partial charge in [0.15, 0.2) is 11.4 Å². The number of aryl methyl sites for hydroxylation is 1. The third-order valence-electron chi connectivity index (χ3n) is 5.85. The summed E-state index contributed by atoms with van der Waals surface area (Å²) in [5, 5.41) is 9.19. The number of hydrogen-bond donors (Lipinski definition) is 2. The number of pyridine rings is 1. The van der Waals surface area contributed by atoms with E-state index in [1.165, 1.54) is 12.8 Å². The van der Waals surface area contributed by atoms with Crippen LogP contribution in [0.5, 0.6) is 0 Å². The molecule has 0 aliphatic heterocycles. The Kier molecular flexibility index (Phi) is 6.21. The second kappa shape index (κ2) is 9.48. The molecular weight excluding hydrogens is 473 g/mol. The van der Waals surface area contributed by atoms with Crippen molar-refractivity contribution in [1.29, 1.82) is 0 Å². The minimum absolute atomic E-state index is 0.153. The van der Waals surface area contributed by atoms with Crippen molar-refractivity contribution in [3.8, 4) is 17.1 Å². The third kappa shape index (κ3) is 5.24. The molecule has 0 atom stereocenters. The molecule has 3 heterocycles. The molecule has 4 aromatic rings. The highest BCUT2D eigenvalue weighted by molar-refractivity contribution is 6.03. The van der Waals surface area contributed by atoms with Crippen LogP contribution in [0, 0.1) is 5.92 Å². The molecule has 1 amide bonds. The van der Waals surface area contributed by atoms with E-state index in [0.717, 1.165) is 35.7 Å². The van der Waals surface area contributed by atoms with Crippen LogP contribution < -0.4 is 10.6 Å². The Balaban J connectivity index is 1.35. The molecule has 0 saturated heterocycles. The summed E-state index contributed by atoms with van der Waals surface area (Å²) in [4.78, 5) is 21.2. The first-order valence-electron chi connectivity index (χ1n) is 11.5. The molecule has 2 N–H and O–H groups in total. The minimum Gasteiger partial charge on any atom is -0.444 e. The largest absolute Gasteiger partial charge is 0.444 e. The number of aromatic nitrogens is 4. The lowest BCUT2D eigenvalue weighted by Crippen LogP contribution is -2.16. The summed E-state index contributed by atoms with van der Waals surface area (Å²) >= 11 is 0. The van der Waals surface area contributed by atoms with Crippen molar-refractivity contribution >= 4 is 17.4 Å². The summed E-state index contributed by atoms with van der Waals surface area (Å²) in [6, 6.07) is 10.4. The molecule has 1 aliphatic rings. The van der Waals surface area contributed by atoms with Crippen molar-refractivity contribution in [2.45, 2.75) is 32.4 Å². The summed E-state index contributed by atoms with van der Waals surface area (Å²) in [5.74, 6) is 0.615. The molecule has 186 valence electrons. The lowest BCUT2D eigenvalue weighted by Gasteiger charge is -2.06. The van der Waals surface area contributed by atoms with E-state index in [1.54, 1.807) is 30.5 Å². The number of nitrogens with zero attached hydrogens (tertiary/aromatic N) is 4. The van der Waals surface area contributed by atoms with Crippen molar-refractivity contribution in [1.82, 2.24) is 19.7 Å². The number of halogens is 3. The van der Waals surface area contributed by atoms with E-state index < -0.39 is 23.5 Å². The van der Waals surface area contributed by atoms with E-state index in [1.807, 2.05) is 19.1 Å². The van der Waals surface area contributed by atoms with Crippen molar-refractivity contribution in [3.63, 3.8) is 0 Å². The van der Waals surface area contributed by atoms with Gasteiger partial charge in [-0.1, -0.05) is 19.1 Å². The molecule has 0 radical (unpaired) electrons. The van der Waals surface area contributed by atoms with Gasteiger partial charge in [0.1, 0.15) is 12.1 Å².